The number of likely N-dealkylation sites (tertiary alicyclic amines) is 2. The third-order valence-corrected chi connectivity index (χ3v) is 9.74. The number of nitrogens with zero attached hydrogens (tertiary/aromatic N) is 2. The molecule has 2 fully saturated rings. The number of rotatable bonds is 9. The number of ether oxygens (including phenoxy) is 1. The van der Waals surface area contributed by atoms with Crippen LogP contribution in [0, 0.1) is 11.8 Å². The van der Waals surface area contributed by atoms with Crippen molar-refractivity contribution in [2.45, 2.75) is 44.6 Å². The van der Waals surface area contributed by atoms with Crippen LogP contribution in [0.15, 0.2) is 65.4 Å². The molecule has 0 spiro atoms. The zero-order valence-electron chi connectivity index (χ0n) is 22.8. The molecular weight excluding hydrogens is 563 g/mol. The summed E-state index contributed by atoms with van der Waals surface area (Å²) in [5.74, 6) is 1.02. The van der Waals surface area contributed by atoms with Crippen LogP contribution in [-0.2, 0) is 16.0 Å². The maximum absolute atomic E-state index is 13.4. The lowest BCUT2D eigenvalue weighted by Crippen LogP contribution is -2.40. The Hall–Kier alpha value is -2.38. The first-order chi connectivity index (χ1) is 19.4. The Morgan fingerprint density at radius 1 is 1.02 bits per heavy atom. The number of hydrogen-bond donors (Lipinski definition) is 0. The smallest absolute Gasteiger partial charge is 0.302 e. The monoisotopic (exact) mass is 598 g/mol. The minimum Gasteiger partial charge on any atom is -0.462 e. The van der Waals surface area contributed by atoms with Crippen molar-refractivity contribution < 1.29 is 14.3 Å². The highest BCUT2D eigenvalue weighted by atomic mass is 35.5. The van der Waals surface area contributed by atoms with Crippen molar-refractivity contribution in [3.63, 3.8) is 0 Å². The molecule has 8 heteroatoms. The largest absolute Gasteiger partial charge is 0.462 e. The van der Waals surface area contributed by atoms with Crippen molar-refractivity contribution in [1.82, 2.24) is 9.80 Å². The average Bonchev–Trinajstić information content (AvgIpc) is 3.61. The first kappa shape index (κ1) is 29.1. The molecule has 0 bridgehead atoms. The maximum Gasteiger partial charge on any atom is 0.302 e. The highest BCUT2D eigenvalue weighted by molar-refractivity contribution is 7.08. The fourth-order valence-corrected chi connectivity index (χ4v) is 7.31. The first-order valence-electron chi connectivity index (χ1n) is 14.1. The molecule has 1 amide bonds. The normalized spacial score (nSPS) is 20.9. The molecule has 1 aromatic heterocycles. The molecule has 2 aliphatic rings. The summed E-state index contributed by atoms with van der Waals surface area (Å²) in [6.45, 7) is 5.95. The van der Waals surface area contributed by atoms with Gasteiger partial charge in [-0.15, -0.1) is 0 Å². The van der Waals surface area contributed by atoms with Gasteiger partial charge in [-0.25, -0.2) is 0 Å². The Morgan fingerprint density at radius 2 is 1.80 bits per heavy atom. The van der Waals surface area contributed by atoms with Crippen LogP contribution in [0.5, 0.6) is 0 Å². The zero-order chi connectivity index (χ0) is 28.1. The van der Waals surface area contributed by atoms with E-state index in [2.05, 4.69) is 33.9 Å². The summed E-state index contributed by atoms with van der Waals surface area (Å²) >= 11 is 14.0. The summed E-state index contributed by atoms with van der Waals surface area (Å²) in [7, 11) is 0. The van der Waals surface area contributed by atoms with Gasteiger partial charge >= 0.3 is 5.97 Å². The molecule has 212 valence electrons. The van der Waals surface area contributed by atoms with Gasteiger partial charge in [0, 0.05) is 44.5 Å². The number of piperidine rings is 1. The fourth-order valence-electron chi connectivity index (χ4n) is 6.29. The predicted molar refractivity (Wildman–Crippen MR) is 162 cm³/mol. The number of thiophene rings is 1. The molecule has 1 unspecified atom stereocenters. The summed E-state index contributed by atoms with van der Waals surface area (Å²) in [4.78, 5) is 29.7. The van der Waals surface area contributed by atoms with Gasteiger partial charge in [0.05, 0.1) is 10.0 Å². The first-order valence-corrected chi connectivity index (χ1v) is 15.8. The van der Waals surface area contributed by atoms with Crippen LogP contribution in [0.4, 0.5) is 0 Å². The zero-order valence-corrected chi connectivity index (χ0v) is 25.1. The lowest BCUT2D eigenvalue weighted by atomic mass is 9.87. The number of halogens is 2. The van der Waals surface area contributed by atoms with E-state index >= 15 is 0 Å². The van der Waals surface area contributed by atoms with E-state index in [9.17, 15) is 9.59 Å². The molecule has 3 heterocycles. The van der Waals surface area contributed by atoms with Gasteiger partial charge in [0.1, 0.15) is 6.10 Å². The van der Waals surface area contributed by atoms with Gasteiger partial charge in [0.25, 0.3) is 5.91 Å². The Morgan fingerprint density at radius 3 is 2.48 bits per heavy atom. The van der Waals surface area contributed by atoms with Crippen LogP contribution in [0.1, 0.15) is 53.6 Å². The lowest BCUT2D eigenvalue weighted by molar-refractivity contribution is -0.147. The van der Waals surface area contributed by atoms with Crippen LogP contribution in [0.3, 0.4) is 0 Å². The molecule has 5 rings (SSSR count). The van der Waals surface area contributed by atoms with Gasteiger partial charge in [0.15, 0.2) is 0 Å². The molecule has 0 aliphatic carbocycles. The number of esters is 1. The number of carbonyl (C=O) groups is 2. The maximum atomic E-state index is 13.4. The molecule has 40 heavy (non-hydrogen) atoms. The number of benzene rings is 2. The van der Waals surface area contributed by atoms with Crippen LogP contribution in [-0.4, -0.2) is 60.5 Å². The summed E-state index contributed by atoms with van der Waals surface area (Å²) in [5.41, 5.74) is 3.10. The third-order valence-electron chi connectivity index (χ3n) is 8.30. The molecule has 2 saturated heterocycles. The Bertz CT molecular complexity index is 1280. The highest BCUT2D eigenvalue weighted by Gasteiger charge is 2.38. The van der Waals surface area contributed by atoms with E-state index in [1.807, 2.05) is 23.1 Å². The summed E-state index contributed by atoms with van der Waals surface area (Å²) in [5, 5.41) is 5.20. The highest BCUT2D eigenvalue weighted by Crippen LogP contribution is 2.36. The quantitative estimate of drug-likeness (QED) is 0.245. The Labute approximate surface area is 251 Å². The van der Waals surface area contributed by atoms with Gasteiger partial charge in [-0.05, 0) is 90.3 Å². The van der Waals surface area contributed by atoms with E-state index in [1.165, 1.54) is 18.1 Å². The Balaban J connectivity index is 1.19. The number of carbonyl (C=O) groups excluding carboxylic acids is 2. The number of hydrogen-bond acceptors (Lipinski definition) is 5. The van der Waals surface area contributed by atoms with Crippen LogP contribution < -0.4 is 0 Å². The lowest BCUT2D eigenvalue weighted by Gasteiger charge is -2.35. The molecule has 0 radical (unpaired) electrons. The predicted octanol–water partition coefficient (Wildman–Crippen LogP) is 7.19. The summed E-state index contributed by atoms with van der Waals surface area (Å²) in [6.07, 6.45) is 3.75. The fraction of sp³-hybridized carbons (Fsp3) is 0.438. The van der Waals surface area contributed by atoms with E-state index in [0.717, 1.165) is 51.9 Å². The van der Waals surface area contributed by atoms with Crippen LogP contribution in [0.2, 0.25) is 10.0 Å². The molecule has 3 atom stereocenters. The molecule has 2 aliphatic heterocycles. The second-order valence-corrected chi connectivity index (χ2v) is 12.8. The number of amides is 1. The van der Waals surface area contributed by atoms with Gasteiger partial charge in [-0.2, -0.15) is 11.3 Å². The van der Waals surface area contributed by atoms with E-state index < -0.39 is 0 Å². The summed E-state index contributed by atoms with van der Waals surface area (Å²) in [6, 6.07) is 17.6. The molecule has 3 aromatic rings. The van der Waals surface area contributed by atoms with Crippen molar-refractivity contribution in [2.75, 3.05) is 32.7 Å². The average molecular weight is 600 g/mol. The van der Waals surface area contributed by atoms with E-state index in [0.29, 0.717) is 39.9 Å². The van der Waals surface area contributed by atoms with Gasteiger partial charge in [0.2, 0.25) is 0 Å². The van der Waals surface area contributed by atoms with Crippen molar-refractivity contribution in [3.05, 3.63) is 92.1 Å². The van der Waals surface area contributed by atoms with E-state index in [-0.39, 0.29) is 18.0 Å². The van der Waals surface area contributed by atoms with Crippen molar-refractivity contribution in [2.24, 2.45) is 11.8 Å². The van der Waals surface area contributed by atoms with Gasteiger partial charge < -0.3 is 14.5 Å². The molecular formula is C32H36Cl2N2O3S. The third kappa shape index (κ3) is 7.47. The van der Waals surface area contributed by atoms with Crippen LogP contribution in [0.25, 0.3) is 0 Å². The van der Waals surface area contributed by atoms with E-state index in [4.69, 9.17) is 27.9 Å². The van der Waals surface area contributed by atoms with Crippen molar-refractivity contribution in [3.8, 4) is 0 Å². The SMILES string of the molecule is CC(=O)OC(Cc1ccccc1)CC1CCN(C[C@@H]2CN(C(=O)c3ccc(Cl)c(Cl)c3)C[C@H]2c2ccsc2)CC1. The molecule has 0 N–H and O–H groups in total. The topological polar surface area (TPSA) is 49.9 Å². The molecule has 5 nitrogen and oxygen atoms in total. The molecule has 2 aromatic carbocycles. The van der Waals surface area contributed by atoms with E-state index in [1.54, 1.807) is 29.5 Å². The summed E-state index contributed by atoms with van der Waals surface area (Å²) < 4.78 is 5.73. The van der Waals surface area contributed by atoms with Crippen molar-refractivity contribution >= 4 is 46.4 Å². The standard InChI is InChI=1S/C32H36Cl2N2O3S/c1-22(37)39-28(15-23-5-3-2-4-6-23)16-24-9-12-35(13-10-24)18-27-19-36(20-29(27)26-11-14-40-21-26)32(38)25-7-8-30(33)31(34)17-25/h2-8,11,14,17,21,24,27-29H,9-10,12-13,15-16,18-20H2,1H3/t27-,28?,29+/m1/s1. The second-order valence-electron chi connectivity index (χ2n) is 11.2. The minimum absolute atomic E-state index is 0.00920. The van der Waals surface area contributed by atoms with Gasteiger partial charge in [-0.1, -0.05) is 53.5 Å². The second kappa shape index (κ2) is 13.5. The van der Waals surface area contributed by atoms with Gasteiger partial charge in [-0.3, -0.25) is 9.59 Å². The van der Waals surface area contributed by atoms with Crippen molar-refractivity contribution in [1.29, 1.82) is 0 Å². The van der Waals surface area contributed by atoms with Crippen LogP contribution >= 0.6 is 34.5 Å². The minimum atomic E-state index is -0.209. The Kier molecular flexibility index (Phi) is 9.84. The molecule has 0 saturated carbocycles.